The zero-order valence-corrected chi connectivity index (χ0v) is 17.5. The highest BCUT2D eigenvalue weighted by Crippen LogP contribution is 2.27. The highest BCUT2D eigenvalue weighted by atomic mass is 16.5. The summed E-state index contributed by atoms with van der Waals surface area (Å²) in [6, 6.07) is 1.88. The highest BCUT2D eigenvalue weighted by Gasteiger charge is 2.27. The summed E-state index contributed by atoms with van der Waals surface area (Å²) in [5.74, 6) is 2.76. The number of aliphatic hydroxyl groups is 1. The Morgan fingerprint density at radius 3 is 2.63 bits per heavy atom. The van der Waals surface area contributed by atoms with Crippen LogP contribution in [0.2, 0.25) is 0 Å². The monoisotopic (exact) mass is 380 g/mol. The van der Waals surface area contributed by atoms with Crippen LogP contribution in [0.1, 0.15) is 37.9 Å². The van der Waals surface area contributed by atoms with Crippen LogP contribution in [0.3, 0.4) is 0 Å². The van der Waals surface area contributed by atoms with Gasteiger partial charge in [-0.1, -0.05) is 6.92 Å². The molecule has 0 spiro atoms. The van der Waals surface area contributed by atoms with Crippen molar-refractivity contribution in [2.24, 2.45) is 10.9 Å². The molecule has 0 aromatic carbocycles. The molecule has 3 N–H and O–H groups in total. The molecule has 0 aliphatic carbocycles. The maximum absolute atomic E-state index is 10.8. The minimum atomic E-state index is -1.07. The van der Waals surface area contributed by atoms with Crippen molar-refractivity contribution >= 4 is 5.96 Å². The number of rotatable bonds is 8. The number of aryl methyl sites for hydroxylation is 2. The Kier molecular flexibility index (Phi) is 8.13. The predicted octanol–water partition coefficient (Wildman–Crippen LogP) is 1.63. The van der Waals surface area contributed by atoms with Crippen LogP contribution in [-0.4, -0.2) is 68.4 Å². The van der Waals surface area contributed by atoms with Crippen molar-refractivity contribution in [3.05, 3.63) is 23.2 Å². The fourth-order valence-corrected chi connectivity index (χ4v) is 3.39. The molecule has 2 atom stereocenters. The molecule has 27 heavy (non-hydrogen) atoms. The van der Waals surface area contributed by atoms with Crippen LogP contribution in [0.5, 0.6) is 0 Å². The SMILES string of the molecule is CCNC(=NCC(C)(O)c1cc(C)oc1C)NCC(C)CN1CCOCC1. The van der Waals surface area contributed by atoms with E-state index in [2.05, 4.69) is 27.4 Å². The number of aliphatic imine (C=N–C) groups is 1. The van der Waals surface area contributed by atoms with Gasteiger partial charge in [-0.05, 0) is 39.7 Å². The van der Waals surface area contributed by atoms with Gasteiger partial charge in [0.15, 0.2) is 5.96 Å². The molecular formula is C20H36N4O3. The summed E-state index contributed by atoms with van der Waals surface area (Å²) in [6.45, 7) is 16.4. The summed E-state index contributed by atoms with van der Waals surface area (Å²) in [5.41, 5.74) is -0.274. The Morgan fingerprint density at radius 2 is 2.04 bits per heavy atom. The number of ether oxygens (including phenoxy) is 1. The molecule has 0 amide bonds. The molecule has 1 aliphatic heterocycles. The average Bonchev–Trinajstić information content (AvgIpc) is 2.97. The van der Waals surface area contributed by atoms with E-state index in [0.717, 1.165) is 69.0 Å². The lowest BCUT2D eigenvalue weighted by Crippen LogP contribution is -2.44. The topological polar surface area (TPSA) is 82.3 Å². The molecule has 7 heteroatoms. The molecule has 2 heterocycles. The molecular weight excluding hydrogens is 344 g/mol. The third kappa shape index (κ3) is 6.83. The summed E-state index contributed by atoms with van der Waals surface area (Å²) in [6.07, 6.45) is 0. The second-order valence-corrected chi connectivity index (χ2v) is 7.69. The second-order valence-electron chi connectivity index (χ2n) is 7.69. The van der Waals surface area contributed by atoms with Crippen molar-refractivity contribution in [3.8, 4) is 0 Å². The lowest BCUT2D eigenvalue weighted by molar-refractivity contribution is 0.0320. The zero-order chi connectivity index (χ0) is 19.9. The molecule has 1 aliphatic rings. The van der Waals surface area contributed by atoms with E-state index in [4.69, 9.17) is 9.15 Å². The van der Waals surface area contributed by atoms with Gasteiger partial charge in [-0.25, -0.2) is 4.99 Å². The van der Waals surface area contributed by atoms with Crippen molar-refractivity contribution in [3.63, 3.8) is 0 Å². The third-order valence-corrected chi connectivity index (χ3v) is 4.80. The van der Waals surface area contributed by atoms with Crippen LogP contribution in [0.25, 0.3) is 0 Å². The number of guanidine groups is 1. The molecule has 1 aromatic rings. The minimum Gasteiger partial charge on any atom is -0.466 e. The number of nitrogens with zero attached hydrogens (tertiary/aromatic N) is 2. The Hall–Kier alpha value is -1.57. The zero-order valence-electron chi connectivity index (χ0n) is 17.5. The van der Waals surface area contributed by atoms with Crippen molar-refractivity contribution in [1.82, 2.24) is 15.5 Å². The number of nitrogens with one attached hydrogen (secondary N) is 2. The quantitative estimate of drug-likeness (QED) is 0.470. The standard InChI is InChI=1S/C20H36N4O3/c1-6-21-19(22-12-15(2)13-24-7-9-26-10-8-24)23-14-20(5,25)18-11-16(3)27-17(18)4/h11,15,25H,6-10,12-14H2,1-5H3,(H2,21,22,23). The van der Waals surface area contributed by atoms with Crippen LogP contribution in [0.4, 0.5) is 0 Å². The Labute approximate surface area is 163 Å². The van der Waals surface area contributed by atoms with Crippen LogP contribution >= 0.6 is 0 Å². The van der Waals surface area contributed by atoms with Gasteiger partial charge in [0.2, 0.25) is 0 Å². The van der Waals surface area contributed by atoms with E-state index in [1.54, 1.807) is 6.92 Å². The van der Waals surface area contributed by atoms with Gasteiger partial charge in [-0.15, -0.1) is 0 Å². The van der Waals surface area contributed by atoms with E-state index in [-0.39, 0.29) is 6.54 Å². The lowest BCUT2D eigenvalue weighted by Gasteiger charge is -2.29. The second kappa shape index (κ2) is 10.1. The van der Waals surface area contributed by atoms with E-state index in [1.165, 1.54) is 0 Å². The van der Waals surface area contributed by atoms with E-state index in [0.29, 0.717) is 5.92 Å². The average molecular weight is 381 g/mol. The fourth-order valence-electron chi connectivity index (χ4n) is 3.39. The van der Waals surface area contributed by atoms with Gasteiger partial charge in [-0.3, -0.25) is 4.90 Å². The van der Waals surface area contributed by atoms with Crippen molar-refractivity contribution in [1.29, 1.82) is 0 Å². The van der Waals surface area contributed by atoms with Crippen LogP contribution in [-0.2, 0) is 10.3 Å². The third-order valence-electron chi connectivity index (χ3n) is 4.80. The normalized spacial score (nSPS) is 19.6. The first kappa shape index (κ1) is 21.7. The smallest absolute Gasteiger partial charge is 0.191 e. The minimum absolute atomic E-state index is 0.264. The largest absolute Gasteiger partial charge is 0.466 e. The van der Waals surface area contributed by atoms with Crippen LogP contribution < -0.4 is 10.6 Å². The van der Waals surface area contributed by atoms with Gasteiger partial charge in [-0.2, -0.15) is 0 Å². The molecule has 1 fully saturated rings. The van der Waals surface area contributed by atoms with Crippen molar-refractivity contribution in [2.45, 2.75) is 40.2 Å². The number of hydrogen-bond donors (Lipinski definition) is 3. The van der Waals surface area contributed by atoms with Gasteiger partial charge in [0.1, 0.15) is 17.1 Å². The summed E-state index contributed by atoms with van der Waals surface area (Å²) >= 11 is 0. The molecule has 2 rings (SSSR count). The van der Waals surface area contributed by atoms with Gasteiger partial charge in [0, 0.05) is 38.3 Å². The summed E-state index contributed by atoms with van der Waals surface area (Å²) in [7, 11) is 0. The fraction of sp³-hybridized carbons (Fsp3) is 0.750. The number of morpholine rings is 1. The molecule has 0 saturated carbocycles. The van der Waals surface area contributed by atoms with Crippen LogP contribution in [0.15, 0.2) is 15.5 Å². The molecule has 0 radical (unpaired) electrons. The highest BCUT2D eigenvalue weighted by molar-refractivity contribution is 5.79. The van der Waals surface area contributed by atoms with Gasteiger partial charge < -0.3 is 24.9 Å². The predicted molar refractivity (Wildman–Crippen MR) is 108 cm³/mol. The van der Waals surface area contributed by atoms with Crippen LogP contribution in [0, 0.1) is 19.8 Å². The summed E-state index contributed by atoms with van der Waals surface area (Å²) in [4.78, 5) is 7.04. The maximum atomic E-state index is 10.8. The van der Waals surface area contributed by atoms with E-state index in [9.17, 15) is 5.11 Å². The molecule has 7 nitrogen and oxygen atoms in total. The van der Waals surface area contributed by atoms with E-state index < -0.39 is 5.60 Å². The molecule has 154 valence electrons. The first-order valence-electron chi connectivity index (χ1n) is 9.94. The Bertz CT molecular complexity index is 606. The first-order chi connectivity index (χ1) is 12.8. The summed E-state index contributed by atoms with van der Waals surface area (Å²) < 4.78 is 11.0. The molecule has 1 saturated heterocycles. The van der Waals surface area contributed by atoms with Gasteiger partial charge in [0.05, 0.1) is 19.8 Å². The molecule has 2 unspecified atom stereocenters. The van der Waals surface area contributed by atoms with Gasteiger partial charge >= 0.3 is 0 Å². The first-order valence-corrected chi connectivity index (χ1v) is 9.94. The van der Waals surface area contributed by atoms with Crippen molar-refractivity contribution in [2.75, 3.05) is 52.5 Å². The molecule has 0 bridgehead atoms. The van der Waals surface area contributed by atoms with E-state index in [1.807, 2.05) is 26.8 Å². The number of hydrogen-bond acceptors (Lipinski definition) is 5. The Balaban J connectivity index is 1.89. The summed E-state index contributed by atoms with van der Waals surface area (Å²) in [5, 5.41) is 17.5. The van der Waals surface area contributed by atoms with Gasteiger partial charge in [0.25, 0.3) is 0 Å². The maximum Gasteiger partial charge on any atom is 0.191 e. The lowest BCUT2D eigenvalue weighted by atomic mass is 9.96. The number of furan rings is 1. The van der Waals surface area contributed by atoms with Crippen molar-refractivity contribution < 1.29 is 14.3 Å². The molecule has 1 aromatic heterocycles. The Morgan fingerprint density at radius 1 is 1.33 bits per heavy atom. The van der Waals surface area contributed by atoms with E-state index >= 15 is 0 Å².